The summed E-state index contributed by atoms with van der Waals surface area (Å²) >= 11 is 0. The van der Waals surface area contributed by atoms with Crippen LogP contribution in [0, 0.1) is 11.3 Å². The number of carbonyl (C=O) groups is 1. The average molecular weight is 228 g/mol. The molecule has 0 heterocycles. The fourth-order valence-electron chi connectivity index (χ4n) is 1.87. The molecule has 0 N–H and O–H groups in total. The lowest BCUT2D eigenvalue weighted by molar-refractivity contribution is -0.158. The molecule has 0 aromatic carbocycles. The quantitative estimate of drug-likeness (QED) is 0.611. The molecule has 0 spiro atoms. The van der Waals surface area contributed by atoms with Gasteiger partial charge in [-0.15, -0.1) is 0 Å². The van der Waals surface area contributed by atoms with Crippen molar-refractivity contribution in [3.05, 3.63) is 0 Å². The van der Waals surface area contributed by atoms with Gasteiger partial charge in [0.25, 0.3) is 0 Å². The Hall–Kier alpha value is -0.530. The molecule has 0 aromatic rings. The number of carbonyl (C=O) groups excluding carboxylic acids is 1. The molecule has 0 rings (SSSR count). The largest absolute Gasteiger partial charge is 0.462 e. The third-order valence-corrected chi connectivity index (χ3v) is 4.21. The summed E-state index contributed by atoms with van der Waals surface area (Å²) in [4.78, 5) is 12.0. The fraction of sp³-hybridized carbons (Fsp3) is 0.929. The van der Waals surface area contributed by atoms with E-state index in [1.165, 1.54) is 0 Å². The maximum Gasteiger partial charge on any atom is 0.309 e. The highest BCUT2D eigenvalue weighted by Gasteiger charge is 2.34. The highest BCUT2D eigenvalue weighted by atomic mass is 16.5. The van der Waals surface area contributed by atoms with E-state index in [-0.39, 0.29) is 23.4 Å². The summed E-state index contributed by atoms with van der Waals surface area (Å²) in [5.41, 5.74) is 0.0725. The van der Waals surface area contributed by atoms with Gasteiger partial charge in [0, 0.05) is 0 Å². The first-order valence-electron chi connectivity index (χ1n) is 6.65. The molecule has 0 aliphatic carbocycles. The van der Waals surface area contributed by atoms with Crippen LogP contribution in [0.2, 0.25) is 0 Å². The van der Waals surface area contributed by atoms with E-state index in [1.54, 1.807) is 0 Å². The van der Waals surface area contributed by atoms with Crippen molar-refractivity contribution in [1.82, 2.24) is 0 Å². The van der Waals surface area contributed by atoms with Crippen LogP contribution >= 0.6 is 0 Å². The van der Waals surface area contributed by atoms with Crippen molar-refractivity contribution in [3.8, 4) is 0 Å². The van der Waals surface area contributed by atoms with Crippen LogP contribution in [0.4, 0.5) is 0 Å². The number of rotatable bonds is 7. The Morgan fingerprint density at radius 2 is 1.56 bits per heavy atom. The molecule has 0 radical (unpaired) electrons. The molecule has 2 nitrogen and oxygen atoms in total. The zero-order valence-electron chi connectivity index (χ0n) is 11.8. The van der Waals surface area contributed by atoms with Crippen LogP contribution in [0.25, 0.3) is 0 Å². The van der Waals surface area contributed by atoms with Gasteiger partial charge in [-0.2, -0.15) is 0 Å². The van der Waals surface area contributed by atoms with Gasteiger partial charge in [0.05, 0.1) is 5.92 Å². The molecule has 2 heteroatoms. The summed E-state index contributed by atoms with van der Waals surface area (Å²) in [6.07, 6.45) is 3.94. The highest BCUT2D eigenvalue weighted by molar-refractivity contribution is 5.73. The topological polar surface area (TPSA) is 26.3 Å². The van der Waals surface area contributed by atoms with E-state index in [0.717, 1.165) is 25.7 Å². The molecule has 0 aromatic heterocycles. The molecule has 0 amide bonds. The molecule has 0 saturated heterocycles. The average Bonchev–Trinajstić information content (AvgIpc) is 2.33. The van der Waals surface area contributed by atoms with Crippen molar-refractivity contribution in [2.75, 3.05) is 0 Å². The molecular weight excluding hydrogens is 200 g/mol. The Bertz CT molecular complexity index is 203. The van der Waals surface area contributed by atoms with Crippen LogP contribution < -0.4 is 0 Å². The third-order valence-electron chi connectivity index (χ3n) is 4.21. The van der Waals surface area contributed by atoms with Crippen molar-refractivity contribution in [1.29, 1.82) is 0 Å². The van der Waals surface area contributed by atoms with Gasteiger partial charge < -0.3 is 4.74 Å². The fourth-order valence-corrected chi connectivity index (χ4v) is 1.87. The second-order valence-corrected chi connectivity index (χ2v) is 4.96. The van der Waals surface area contributed by atoms with Gasteiger partial charge in [-0.3, -0.25) is 4.79 Å². The second kappa shape index (κ2) is 6.93. The first kappa shape index (κ1) is 15.5. The number of hydrogen-bond acceptors (Lipinski definition) is 2. The van der Waals surface area contributed by atoms with Crippen molar-refractivity contribution < 1.29 is 9.53 Å². The molecule has 16 heavy (non-hydrogen) atoms. The lowest BCUT2D eigenvalue weighted by atomic mass is 9.74. The van der Waals surface area contributed by atoms with Crippen molar-refractivity contribution in [3.63, 3.8) is 0 Å². The zero-order valence-corrected chi connectivity index (χ0v) is 11.8. The Morgan fingerprint density at radius 3 is 1.88 bits per heavy atom. The third kappa shape index (κ3) is 3.80. The number of esters is 1. The van der Waals surface area contributed by atoms with Crippen molar-refractivity contribution in [2.24, 2.45) is 11.3 Å². The molecule has 1 unspecified atom stereocenters. The Kier molecular flexibility index (Phi) is 6.70. The van der Waals surface area contributed by atoms with Crippen LogP contribution in [0.1, 0.15) is 67.2 Å². The summed E-state index contributed by atoms with van der Waals surface area (Å²) in [7, 11) is 0. The highest BCUT2D eigenvalue weighted by Crippen LogP contribution is 2.35. The summed E-state index contributed by atoms with van der Waals surface area (Å²) in [6.45, 7) is 12.6. The van der Waals surface area contributed by atoms with Gasteiger partial charge in [-0.05, 0) is 31.1 Å². The number of hydrogen-bond donors (Lipinski definition) is 0. The van der Waals surface area contributed by atoms with Crippen LogP contribution in [0.3, 0.4) is 0 Å². The van der Waals surface area contributed by atoms with Crippen LogP contribution in [-0.2, 0) is 9.53 Å². The van der Waals surface area contributed by atoms with Crippen molar-refractivity contribution >= 4 is 5.97 Å². The predicted octanol–water partition coefficient (Wildman–Crippen LogP) is 4.18. The minimum atomic E-state index is -0.0279. The standard InChI is InChI=1S/C14H28O2/c1-7-12(8-2)16-13(15)11(5)14(6,9-3)10-4/h11-12H,7-10H2,1-6H3. The minimum absolute atomic E-state index is 0.0110. The molecule has 0 saturated carbocycles. The van der Waals surface area contributed by atoms with Crippen LogP contribution in [-0.4, -0.2) is 12.1 Å². The van der Waals surface area contributed by atoms with E-state index in [1.807, 2.05) is 6.92 Å². The monoisotopic (exact) mass is 228 g/mol. The minimum Gasteiger partial charge on any atom is -0.462 e. The molecular formula is C14H28O2. The van der Waals surface area contributed by atoms with Gasteiger partial charge in [-0.1, -0.05) is 41.5 Å². The van der Waals surface area contributed by atoms with Gasteiger partial charge >= 0.3 is 5.97 Å². The summed E-state index contributed by atoms with van der Waals surface area (Å²) in [6, 6.07) is 0. The lowest BCUT2D eigenvalue weighted by Crippen LogP contribution is -2.33. The molecule has 0 aliphatic heterocycles. The van der Waals surface area contributed by atoms with Gasteiger partial charge in [0.1, 0.15) is 6.10 Å². The molecule has 0 bridgehead atoms. The van der Waals surface area contributed by atoms with E-state index in [0.29, 0.717) is 0 Å². The van der Waals surface area contributed by atoms with Crippen molar-refractivity contribution in [2.45, 2.75) is 73.3 Å². The van der Waals surface area contributed by atoms with E-state index >= 15 is 0 Å². The van der Waals surface area contributed by atoms with Crippen LogP contribution in [0.5, 0.6) is 0 Å². The zero-order chi connectivity index (χ0) is 12.8. The predicted molar refractivity (Wildman–Crippen MR) is 68.3 cm³/mol. The molecule has 96 valence electrons. The maximum atomic E-state index is 12.0. The summed E-state index contributed by atoms with van der Waals surface area (Å²) in [5, 5.41) is 0. The normalized spacial score (nSPS) is 13.9. The first-order valence-corrected chi connectivity index (χ1v) is 6.65. The van der Waals surface area contributed by atoms with Gasteiger partial charge in [0.2, 0.25) is 0 Å². The van der Waals surface area contributed by atoms with E-state index in [4.69, 9.17) is 4.74 Å². The summed E-state index contributed by atoms with van der Waals surface area (Å²) < 4.78 is 5.52. The van der Waals surface area contributed by atoms with E-state index < -0.39 is 0 Å². The first-order chi connectivity index (χ1) is 7.45. The van der Waals surface area contributed by atoms with E-state index in [2.05, 4.69) is 34.6 Å². The Balaban J connectivity index is 4.48. The molecule has 0 fully saturated rings. The molecule has 1 atom stereocenters. The van der Waals surface area contributed by atoms with E-state index in [9.17, 15) is 4.79 Å². The van der Waals surface area contributed by atoms with Gasteiger partial charge in [-0.25, -0.2) is 0 Å². The van der Waals surface area contributed by atoms with Crippen LogP contribution in [0.15, 0.2) is 0 Å². The maximum absolute atomic E-state index is 12.0. The SMILES string of the molecule is CCC(CC)OC(=O)C(C)C(C)(CC)CC. The smallest absolute Gasteiger partial charge is 0.309 e. The Morgan fingerprint density at radius 1 is 1.12 bits per heavy atom. The Labute approximate surface area is 101 Å². The second-order valence-electron chi connectivity index (χ2n) is 4.96. The lowest BCUT2D eigenvalue weighted by Gasteiger charge is -2.33. The molecule has 0 aliphatic rings. The summed E-state index contributed by atoms with van der Waals surface area (Å²) in [5.74, 6) is -0.0389. The number of ether oxygens (including phenoxy) is 1. The van der Waals surface area contributed by atoms with Gasteiger partial charge in [0.15, 0.2) is 0 Å².